The van der Waals surface area contributed by atoms with Gasteiger partial charge in [0, 0.05) is 19.4 Å². The summed E-state index contributed by atoms with van der Waals surface area (Å²) in [5, 5.41) is 14.1. The van der Waals surface area contributed by atoms with Crippen molar-refractivity contribution in [3.8, 4) is 0 Å². The van der Waals surface area contributed by atoms with Gasteiger partial charge in [-0.1, -0.05) is 0 Å². The minimum Gasteiger partial charge on any atom is -0.479 e. The van der Waals surface area contributed by atoms with Gasteiger partial charge >= 0.3 is 5.97 Å². The number of carbonyl (C=O) groups excluding carboxylic acids is 2. The fourth-order valence-electron chi connectivity index (χ4n) is 2.02. The Labute approximate surface area is 97.5 Å². The molecule has 0 aromatic rings. The van der Waals surface area contributed by atoms with Gasteiger partial charge in [0.1, 0.15) is 6.04 Å². The Balaban J connectivity index is 2.01. The normalized spacial score (nSPS) is 32.2. The fourth-order valence-corrected chi connectivity index (χ4v) is 2.02. The Morgan fingerprint density at radius 2 is 2.29 bits per heavy atom. The van der Waals surface area contributed by atoms with Crippen molar-refractivity contribution in [2.24, 2.45) is 0 Å². The molecular weight excluding hydrogens is 228 g/mol. The molecule has 0 aliphatic carbocycles. The molecule has 2 fully saturated rings. The van der Waals surface area contributed by atoms with Crippen LogP contribution in [-0.2, 0) is 19.1 Å². The van der Waals surface area contributed by atoms with Crippen LogP contribution in [-0.4, -0.2) is 47.7 Å². The Hall–Kier alpha value is -1.63. The summed E-state index contributed by atoms with van der Waals surface area (Å²) in [6.45, 7) is 0.276. The molecule has 2 amide bonds. The third kappa shape index (κ3) is 2.23. The number of carboxylic acid groups (broad SMARTS) is 1. The molecule has 0 saturated carbocycles. The second-order valence-corrected chi connectivity index (χ2v) is 4.34. The lowest BCUT2D eigenvalue weighted by Crippen LogP contribution is -2.58. The van der Waals surface area contributed by atoms with Crippen molar-refractivity contribution in [3.63, 3.8) is 0 Å². The zero-order chi connectivity index (χ0) is 12.5. The molecule has 3 N–H and O–H groups in total. The van der Waals surface area contributed by atoms with E-state index in [4.69, 9.17) is 9.84 Å². The number of aliphatic carboxylic acids is 1. The maximum Gasteiger partial charge on any atom is 0.331 e. The number of carbonyl (C=O) groups is 3. The van der Waals surface area contributed by atoms with E-state index < -0.39 is 23.5 Å². The summed E-state index contributed by atoms with van der Waals surface area (Å²) < 4.78 is 5.02. The van der Waals surface area contributed by atoms with E-state index in [-0.39, 0.29) is 18.9 Å². The van der Waals surface area contributed by atoms with E-state index in [1.54, 1.807) is 0 Å². The van der Waals surface area contributed by atoms with Gasteiger partial charge in [0.25, 0.3) is 0 Å². The van der Waals surface area contributed by atoms with Crippen LogP contribution >= 0.6 is 0 Å². The molecule has 0 aromatic carbocycles. The Kier molecular flexibility index (Phi) is 3.01. The van der Waals surface area contributed by atoms with Crippen molar-refractivity contribution >= 4 is 17.8 Å². The highest BCUT2D eigenvalue weighted by Gasteiger charge is 2.45. The predicted octanol–water partition coefficient (Wildman–Crippen LogP) is -1.38. The van der Waals surface area contributed by atoms with E-state index >= 15 is 0 Å². The van der Waals surface area contributed by atoms with Crippen LogP contribution in [0.15, 0.2) is 0 Å². The first kappa shape index (κ1) is 11.8. The Morgan fingerprint density at radius 3 is 2.76 bits per heavy atom. The van der Waals surface area contributed by atoms with Crippen molar-refractivity contribution in [2.45, 2.75) is 30.8 Å². The summed E-state index contributed by atoms with van der Waals surface area (Å²) in [7, 11) is 0. The van der Waals surface area contributed by atoms with Crippen LogP contribution in [0.3, 0.4) is 0 Å². The molecule has 2 heterocycles. The lowest BCUT2D eigenvalue weighted by Gasteiger charge is -2.25. The van der Waals surface area contributed by atoms with Gasteiger partial charge in [-0.25, -0.2) is 4.79 Å². The molecule has 1 unspecified atom stereocenters. The molecular formula is C10H14N2O5. The number of carboxylic acids is 1. The highest BCUT2D eigenvalue weighted by molar-refractivity contribution is 5.94. The highest BCUT2D eigenvalue weighted by Crippen LogP contribution is 2.20. The van der Waals surface area contributed by atoms with Crippen molar-refractivity contribution in [2.75, 3.05) is 13.2 Å². The number of nitrogens with one attached hydrogen (secondary N) is 2. The lowest BCUT2D eigenvalue weighted by atomic mass is 9.98. The van der Waals surface area contributed by atoms with Gasteiger partial charge in [-0.3, -0.25) is 9.59 Å². The maximum atomic E-state index is 11.8. The molecule has 2 aliphatic heterocycles. The minimum atomic E-state index is -1.34. The first-order chi connectivity index (χ1) is 8.03. The monoisotopic (exact) mass is 242 g/mol. The average Bonchev–Trinajstić information content (AvgIpc) is 2.87. The molecule has 7 heteroatoms. The van der Waals surface area contributed by atoms with Gasteiger partial charge in [0.15, 0.2) is 5.54 Å². The first-order valence-corrected chi connectivity index (χ1v) is 5.46. The van der Waals surface area contributed by atoms with E-state index in [1.165, 1.54) is 0 Å². The molecule has 7 nitrogen and oxygen atoms in total. The maximum absolute atomic E-state index is 11.8. The van der Waals surface area contributed by atoms with E-state index in [2.05, 4.69) is 10.6 Å². The lowest BCUT2D eigenvalue weighted by molar-refractivity contribution is -0.147. The molecule has 2 atom stereocenters. The predicted molar refractivity (Wildman–Crippen MR) is 55.1 cm³/mol. The Bertz CT molecular complexity index is 362. The third-order valence-corrected chi connectivity index (χ3v) is 3.11. The summed E-state index contributed by atoms with van der Waals surface area (Å²) in [6.07, 6.45) is 0.949. The molecule has 2 saturated heterocycles. The molecule has 2 aliphatic rings. The van der Waals surface area contributed by atoms with E-state index in [9.17, 15) is 14.4 Å². The Morgan fingerprint density at radius 1 is 1.53 bits per heavy atom. The number of rotatable bonds is 3. The van der Waals surface area contributed by atoms with Crippen molar-refractivity contribution in [1.82, 2.24) is 10.6 Å². The summed E-state index contributed by atoms with van der Waals surface area (Å²) in [5.74, 6) is -1.74. The van der Waals surface area contributed by atoms with Gasteiger partial charge in [0.2, 0.25) is 11.8 Å². The topological polar surface area (TPSA) is 105 Å². The van der Waals surface area contributed by atoms with Crippen molar-refractivity contribution in [3.05, 3.63) is 0 Å². The minimum absolute atomic E-state index is 0.0330. The largest absolute Gasteiger partial charge is 0.479 e. The molecule has 0 spiro atoms. The summed E-state index contributed by atoms with van der Waals surface area (Å²) in [6, 6.07) is -0.626. The molecule has 94 valence electrons. The van der Waals surface area contributed by atoms with E-state index in [0.717, 1.165) is 0 Å². The second kappa shape index (κ2) is 4.33. The number of amides is 2. The summed E-state index contributed by atoms with van der Waals surface area (Å²) in [4.78, 5) is 33.9. The molecule has 0 aromatic heterocycles. The van der Waals surface area contributed by atoms with Crippen molar-refractivity contribution in [1.29, 1.82) is 0 Å². The van der Waals surface area contributed by atoms with Gasteiger partial charge in [-0.15, -0.1) is 0 Å². The smallest absolute Gasteiger partial charge is 0.331 e. The highest BCUT2D eigenvalue weighted by atomic mass is 16.5. The first-order valence-electron chi connectivity index (χ1n) is 5.46. The number of hydrogen-bond donors (Lipinski definition) is 3. The van der Waals surface area contributed by atoms with Gasteiger partial charge in [0.05, 0.1) is 6.61 Å². The van der Waals surface area contributed by atoms with Crippen LogP contribution in [0, 0.1) is 0 Å². The number of hydrogen-bond acceptors (Lipinski definition) is 4. The van der Waals surface area contributed by atoms with Crippen LogP contribution in [0.1, 0.15) is 19.3 Å². The van der Waals surface area contributed by atoms with Crippen LogP contribution in [0.4, 0.5) is 0 Å². The second-order valence-electron chi connectivity index (χ2n) is 4.34. The standard InChI is InChI=1S/C10H14N2O5/c13-7-2-1-6(11-7)8(14)12-10(9(15)16)3-4-17-5-10/h6H,1-5H2,(H,11,13)(H,12,14)(H,15,16)/t6-,10?/m0/s1. The number of ether oxygens (including phenoxy) is 1. The van der Waals surface area contributed by atoms with Crippen molar-refractivity contribution < 1.29 is 24.2 Å². The quantitative estimate of drug-likeness (QED) is 0.566. The van der Waals surface area contributed by atoms with Gasteiger partial charge in [-0.05, 0) is 6.42 Å². The third-order valence-electron chi connectivity index (χ3n) is 3.11. The molecule has 0 radical (unpaired) electrons. The van der Waals surface area contributed by atoms with Crippen LogP contribution in [0.5, 0.6) is 0 Å². The molecule has 17 heavy (non-hydrogen) atoms. The van der Waals surface area contributed by atoms with Crippen LogP contribution < -0.4 is 10.6 Å². The SMILES string of the molecule is O=C1CC[C@@H](C(=O)NC2(C(=O)O)CCOC2)N1. The zero-order valence-electron chi connectivity index (χ0n) is 9.19. The van der Waals surface area contributed by atoms with Gasteiger partial charge < -0.3 is 20.5 Å². The van der Waals surface area contributed by atoms with Gasteiger partial charge in [-0.2, -0.15) is 0 Å². The van der Waals surface area contributed by atoms with Crippen LogP contribution in [0.25, 0.3) is 0 Å². The zero-order valence-corrected chi connectivity index (χ0v) is 9.19. The van der Waals surface area contributed by atoms with Crippen LogP contribution in [0.2, 0.25) is 0 Å². The molecule has 2 rings (SSSR count). The summed E-state index contributed by atoms with van der Waals surface area (Å²) in [5.41, 5.74) is -1.34. The van der Waals surface area contributed by atoms with E-state index in [0.29, 0.717) is 19.4 Å². The van der Waals surface area contributed by atoms with E-state index in [1.807, 2.05) is 0 Å². The average molecular weight is 242 g/mol. The summed E-state index contributed by atoms with van der Waals surface area (Å²) >= 11 is 0. The fraction of sp³-hybridized carbons (Fsp3) is 0.700. The molecule has 0 bridgehead atoms.